The molecule has 0 spiro atoms. The van der Waals surface area contributed by atoms with Crippen LogP contribution in [0.1, 0.15) is 44.9 Å². The minimum atomic E-state index is -2.75. The first kappa shape index (κ1) is 25.7. The molecule has 0 amide bonds. The summed E-state index contributed by atoms with van der Waals surface area (Å²) in [6, 6.07) is 9.30. The SMILES string of the molecule is CC(O)CN[C@H]1CC[C@H](CNc2nc(N3CCOCC3)cc(-n3c(C(F)F)nc4ccccc43)n2)CC1. The number of rotatable bonds is 9. The smallest absolute Gasteiger partial charge is 0.296 e. The number of anilines is 2. The second kappa shape index (κ2) is 11.7. The van der Waals surface area contributed by atoms with Crippen molar-refractivity contribution >= 4 is 22.8 Å². The fourth-order valence-electron chi connectivity index (χ4n) is 5.15. The van der Waals surface area contributed by atoms with Crippen LogP contribution in [-0.4, -0.2) is 76.2 Å². The third kappa shape index (κ3) is 6.16. The van der Waals surface area contributed by atoms with Crippen LogP contribution >= 0.6 is 0 Å². The summed E-state index contributed by atoms with van der Waals surface area (Å²) in [7, 11) is 0. The summed E-state index contributed by atoms with van der Waals surface area (Å²) in [5, 5.41) is 16.3. The lowest BCUT2D eigenvalue weighted by atomic mass is 9.86. The van der Waals surface area contributed by atoms with Gasteiger partial charge in [0.15, 0.2) is 5.82 Å². The van der Waals surface area contributed by atoms with Crippen molar-refractivity contribution in [3.05, 3.63) is 36.2 Å². The highest BCUT2D eigenvalue weighted by atomic mass is 19.3. The fourth-order valence-corrected chi connectivity index (χ4v) is 5.15. The number of morpholine rings is 1. The van der Waals surface area contributed by atoms with Gasteiger partial charge in [0, 0.05) is 38.3 Å². The lowest BCUT2D eigenvalue weighted by Crippen LogP contribution is -2.38. The van der Waals surface area contributed by atoms with Gasteiger partial charge in [0.2, 0.25) is 5.95 Å². The van der Waals surface area contributed by atoms with E-state index in [0.717, 1.165) is 25.7 Å². The summed E-state index contributed by atoms with van der Waals surface area (Å²) in [5.74, 6) is 1.61. The van der Waals surface area contributed by atoms with Crippen molar-refractivity contribution in [3.8, 4) is 5.82 Å². The third-order valence-electron chi connectivity index (χ3n) is 7.14. The van der Waals surface area contributed by atoms with Gasteiger partial charge in [0.05, 0.1) is 30.4 Å². The van der Waals surface area contributed by atoms with Crippen LogP contribution < -0.4 is 15.5 Å². The number of aliphatic hydroxyl groups is 1. The monoisotopic (exact) mass is 515 g/mol. The molecule has 3 heterocycles. The maximum atomic E-state index is 14.0. The predicted molar refractivity (Wildman–Crippen MR) is 139 cm³/mol. The standard InChI is InChI=1S/C26H35F2N7O2/c1-17(36)15-29-19-8-6-18(7-9-19)16-30-26-32-22(34-10-12-37-13-11-34)14-23(33-26)35-21-5-3-2-4-20(21)31-25(35)24(27)28/h2-5,14,17-19,24,29,36H,6-13,15-16H2,1H3,(H,30,32,33)/t17?,18-,19-. The molecular weight excluding hydrogens is 480 g/mol. The van der Waals surface area contributed by atoms with Crippen LogP contribution in [-0.2, 0) is 4.74 Å². The molecule has 5 rings (SSSR count). The Kier molecular flexibility index (Phi) is 8.11. The normalized spacial score (nSPS) is 21.5. The summed E-state index contributed by atoms with van der Waals surface area (Å²) in [5.41, 5.74) is 1.08. The van der Waals surface area contributed by atoms with Crippen molar-refractivity contribution in [2.75, 3.05) is 49.6 Å². The Bertz CT molecular complexity index is 1170. The van der Waals surface area contributed by atoms with Crippen molar-refractivity contribution in [2.24, 2.45) is 5.92 Å². The fraction of sp³-hybridized carbons (Fsp3) is 0.577. The molecule has 2 fully saturated rings. The summed E-state index contributed by atoms with van der Waals surface area (Å²) >= 11 is 0. The van der Waals surface area contributed by atoms with Crippen molar-refractivity contribution in [2.45, 2.75) is 51.2 Å². The largest absolute Gasteiger partial charge is 0.392 e. The van der Waals surface area contributed by atoms with E-state index in [4.69, 9.17) is 9.72 Å². The Morgan fingerprint density at radius 2 is 1.78 bits per heavy atom. The van der Waals surface area contributed by atoms with Crippen LogP contribution in [0.2, 0.25) is 0 Å². The van der Waals surface area contributed by atoms with Gasteiger partial charge in [-0.2, -0.15) is 9.97 Å². The van der Waals surface area contributed by atoms with Crippen LogP contribution in [0.4, 0.5) is 20.5 Å². The van der Waals surface area contributed by atoms with E-state index in [2.05, 4.69) is 25.5 Å². The number of hydrogen-bond acceptors (Lipinski definition) is 8. The highest BCUT2D eigenvalue weighted by molar-refractivity contribution is 5.78. The van der Waals surface area contributed by atoms with Crippen LogP contribution in [0.15, 0.2) is 30.3 Å². The quantitative estimate of drug-likeness (QED) is 0.398. The number of alkyl halides is 2. The molecule has 1 unspecified atom stereocenters. The van der Waals surface area contributed by atoms with Gasteiger partial charge in [-0.3, -0.25) is 4.57 Å². The van der Waals surface area contributed by atoms with Crippen molar-refractivity contribution < 1.29 is 18.6 Å². The van der Waals surface area contributed by atoms with E-state index in [9.17, 15) is 13.9 Å². The molecule has 2 aromatic heterocycles. The summed E-state index contributed by atoms with van der Waals surface area (Å²) < 4.78 is 35.0. The van der Waals surface area contributed by atoms with E-state index < -0.39 is 6.43 Å². The molecule has 0 radical (unpaired) electrons. The molecule has 11 heteroatoms. The van der Waals surface area contributed by atoms with Crippen LogP contribution in [0.25, 0.3) is 16.9 Å². The number of ether oxygens (including phenoxy) is 1. The number of para-hydroxylation sites is 2. The summed E-state index contributed by atoms with van der Waals surface area (Å²) in [4.78, 5) is 15.7. The van der Waals surface area contributed by atoms with E-state index >= 15 is 0 Å². The Labute approximate surface area is 215 Å². The first-order valence-electron chi connectivity index (χ1n) is 13.1. The average Bonchev–Trinajstić information content (AvgIpc) is 3.32. The lowest BCUT2D eigenvalue weighted by molar-refractivity contribution is 0.122. The van der Waals surface area contributed by atoms with Crippen LogP contribution in [0.5, 0.6) is 0 Å². The molecule has 9 nitrogen and oxygen atoms in total. The number of nitrogens with one attached hydrogen (secondary N) is 2. The topological polar surface area (TPSA) is 100 Å². The van der Waals surface area contributed by atoms with Gasteiger partial charge >= 0.3 is 0 Å². The molecule has 3 N–H and O–H groups in total. The first-order chi connectivity index (χ1) is 18.0. The van der Waals surface area contributed by atoms with Crippen molar-refractivity contribution in [3.63, 3.8) is 0 Å². The highest BCUT2D eigenvalue weighted by Crippen LogP contribution is 2.30. The predicted octanol–water partition coefficient (Wildman–Crippen LogP) is 3.53. The molecular formula is C26H35F2N7O2. The Hall–Kier alpha value is -2.89. The molecule has 1 aromatic carbocycles. The van der Waals surface area contributed by atoms with E-state index in [1.807, 2.05) is 6.07 Å². The minimum Gasteiger partial charge on any atom is -0.392 e. The number of nitrogens with zero attached hydrogens (tertiary/aromatic N) is 5. The number of aromatic nitrogens is 4. The van der Waals surface area contributed by atoms with Gasteiger partial charge in [-0.05, 0) is 50.7 Å². The van der Waals surface area contributed by atoms with Gasteiger partial charge in [0.25, 0.3) is 6.43 Å². The van der Waals surface area contributed by atoms with Crippen LogP contribution in [0, 0.1) is 5.92 Å². The molecule has 1 aliphatic carbocycles. The number of hydrogen-bond donors (Lipinski definition) is 3. The van der Waals surface area contributed by atoms with E-state index in [1.54, 1.807) is 31.2 Å². The van der Waals surface area contributed by atoms with Gasteiger partial charge in [-0.25, -0.2) is 13.8 Å². The molecule has 37 heavy (non-hydrogen) atoms. The number of benzene rings is 1. The number of fused-ring (bicyclic) bond motifs is 1. The van der Waals surface area contributed by atoms with Gasteiger partial charge in [-0.1, -0.05) is 12.1 Å². The molecule has 0 bridgehead atoms. The third-order valence-corrected chi connectivity index (χ3v) is 7.14. The maximum absolute atomic E-state index is 14.0. The van der Waals surface area contributed by atoms with Gasteiger partial charge in [0.1, 0.15) is 11.6 Å². The second-order valence-electron chi connectivity index (χ2n) is 9.96. The lowest BCUT2D eigenvalue weighted by Gasteiger charge is -2.30. The Morgan fingerprint density at radius 3 is 2.51 bits per heavy atom. The van der Waals surface area contributed by atoms with Crippen LogP contribution in [0.3, 0.4) is 0 Å². The summed E-state index contributed by atoms with van der Waals surface area (Å²) in [6.07, 6.45) is 1.13. The zero-order valence-corrected chi connectivity index (χ0v) is 21.1. The van der Waals surface area contributed by atoms with Gasteiger partial charge < -0.3 is 25.4 Å². The van der Waals surface area contributed by atoms with Gasteiger partial charge in [-0.15, -0.1) is 0 Å². The molecule has 1 atom stereocenters. The van der Waals surface area contributed by atoms with Crippen molar-refractivity contribution in [1.29, 1.82) is 0 Å². The molecule has 3 aromatic rings. The van der Waals surface area contributed by atoms with Crippen molar-refractivity contribution in [1.82, 2.24) is 24.8 Å². The van der Waals surface area contributed by atoms with E-state index in [0.29, 0.717) is 80.0 Å². The Morgan fingerprint density at radius 1 is 1.05 bits per heavy atom. The second-order valence-corrected chi connectivity index (χ2v) is 9.96. The molecule has 200 valence electrons. The molecule has 1 aliphatic heterocycles. The number of imidazole rings is 1. The molecule has 2 aliphatic rings. The average molecular weight is 516 g/mol. The first-order valence-corrected chi connectivity index (χ1v) is 13.1. The highest BCUT2D eigenvalue weighted by Gasteiger charge is 2.24. The Balaban J connectivity index is 1.39. The number of halogens is 2. The van der Waals surface area contributed by atoms with E-state index in [1.165, 1.54) is 4.57 Å². The van der Waals surface area contributed by atoms with E-state index in [-0.39, 0.29) is 11.9 Å². The minimum absolute atomic E-state index is 0.332. The zero-order valence-electron chi connectivity index (χ0n) is 21.1. The molecule has 1 saturated heterocycles. The number of aliphatic hydroxyl groups excluding tert-OH is 1. The molecule has 1 saturated carbocycles. The zero-order chi connectivity index (χ0) is 25.8. The summed E-state index contributed by atoms with van der Waals surface area (Å²) in [6.45, 7) is 5.63. The maximum Gasteiger partial charge on any atom is 0.296 e.